The van der Waals surface area contributed by atoms with Crippen LogP contribution in [0.15, 0.2) is 72.8 Å². The van der Waals surface area contributed by atoms with Gasteiger partial charge in [0, 0.05) is 17.8 Å². The molecule has 5 rings (SSSR count). The third kappa shape index (κ3) is 4.67. The van der Waals surface area contributed by atoms with E-state index < -0.39 is 17.9 Å². The van der Waals surface area contributed by atoms with E-state index in [0.29, 0.717) is 35.7 Å². The highest BCUT2D eigenvalue weighted by Gasteiger charge is 2.48. The predicted molar refractivity (Wildman–Crippen MR) is 134 cm³/mol. The van der Waals surface area contributed by atoms with Crippen LogP contribution in [0, 0.1) is 0 Å². The van der Waals surface area contributed by atoms with Crippen molar-refractivity contribution in [3.05, 3.63) is 89.5 Å². The summed E-state index contributed by atoms with van der Waals surface area (Å²) in [6.45, 7) is 0.416. The number of primary amides is 1. The van der Waals surface area contributed by atoms with Gasteiger partial charge in [-0.1, -0.05) is 30.3 Å². The Labute approximate surface area is 208 Å². The molecule has 3 atom stereocenters. The van der Waals surface area contributed by atoms with Gasteiger partial charge in [0.05, 0.1) is 12.0 Å². The molecule has 2 amide bonds. The van der Waals surface area contributed by atoms with Crippen LogP contribution in [-0.2, 0) is 20.7 Å². The van der Waals surface area contributed by atoms with Crippen molar-refractivity contribution in [2.24, 2.45) is 5.73 Å². The number of nitrogens with zero attached hydrogens (tertiary/aromatic N) is 1. The summed E-state index contributed by atoms with van der Waals surface area (Å²) in [5.41, 5.74) is 13.7. The summed E-state index contributed by atoms with van der Waals surface area (Å²) >= 11 is 0. The number of amides is 2. The van der Waals surface area contributed by atoms with Crippen LogP contribution in [0.25, 0.3) is 0 Å². The van der Waals surface area contributed by atoms with E-state index in [-0.39, 0.29) is 36.4 Å². The minimum atomic E-state index is -0.775. The van der Waals surface area contributed by atoms with Crippen LogP contribution in [-0.4, -0.2) is 47.8 Å². The average Bonchev–Trinajstić information content (AvgIpc) is 3.47. The van der Waals surface area contributed by atoms with Gasteiger partial charge in [-0.05, 0) is 66.4 Å². The summed E-state index contributed by atoms with van der Waals surface area (Å²) < 4.78 is 11.6. The molecule has 2 aliphatic rings. The molecule has 2 fully saturated rings. The third-order valence-electron chi connectivity index (χ3n) is 6.76. The first kappa shape index (κ1) is 23.6. The molecule has 36 heavy (non-hydrogen) atoms. The standard InChI is InChI=1S/C28H27N3O5/c29-18-8-6-17(7-9-18)14-23(28(34)31-13-12-25-26(31)24(32)16-35-25)22-15-20(10-11-21(22)27(30)33)36-19-4-2-1-3-5-19/h1-11,15,23,25-26H,12-14,16,29H2,(H2,30,33). The van der Waals surface area contributed by atoms with Crippen LogP contribution in [0.2, 0.25) is 0 Å². The van der Waals surface area contributed by atoms with Crippen molar-refractivity contribution in [3.8, 4) is 11.5 Å². The van der Waals surface area contributed by atoms with E-state index in [1.165, 1.54) is 0 Å². The van der Waals surface area contributed by atoms with Crippen LogP contribution in [0.4, 0.5) is 5.69 Å². The topological polar surface area (TPSA) is 125 Å². The number of rotatable bonds is 7. The lowest BCUT2D eigenvalue weighted by Crippen LogP contribution is -2.44. The van der Waals surface area contributed by atoms with E-state index in [1.54, 1.807) is 35.2 Å². The minimum absolute atomic E-state index is 0.00861. The van der Waals surface area contributed by atoms with Crippen LogP contribution >= 0.6 is 0 Å². The largest absolute Gasteiger partial charge is 0.457 e. The van der Waals surface area contributed by atoms with Crippen molar-refractivity contribution in [1.82, 2.24) is 4.90 Å². The number of anilines is 1. The number of carbonyl (C=O) groups is 3. The number of fused-ring (bicyclic) bond motifs is 1. The Balaban J connectivity index is 1.56. The van der Waals surface area contributed by atoms with E-state index >= 15 is 0 Å². The lowest BCUT2D eigenvalue weighted by molar-refractivity contribution is -0.137. The van der Waals surface area contributed by atoms with Crippen LogP contribution in [0.5, 0.6) is 11.5 Å². The maximum absolute atomic E-state index is 14.1. The molecule has 0 bridgehead atoms. The molecule has 2 heterocycles. The Bertz CT molecular complexity index is 1290. The third-order valence-corrected chi connectivity index (χ3v) is 6.76. The summed E-state index contributed by atoms with van der Waals surface area (Å²) in [7, 11) is 0. The second-order valence-corrected chi connectivity index (χ2v) is 9.11. The van der Waals surface area contributed by atoms with Gasteiger partial charge >= 0.3 is 0 Å². The van der Waals surface area contributed by atoms with Crippen molar-refractivity contribution < 1.29 is 23.9 Å². The number of ether oxygens (including phenoxy) is 2. The maximum Gasteiger partial charge on any atom is 0.249 e. The van der Waals surface area contributed by atoms with Crippen molar-refractivity contribution in [1.29, 1.82) is 0 Å². The zero-order valence-corrected chi connectivity index (χ0v) is 19.6. The molecule has 3 unspecified atom stereocenters. The first-order chi connectivity index (χ1) is 17.4. The second kappa shape index (κ2) is 9.83. The van der Waals surface area contributed by atoms with Crippen LogP contribution in [0.3, 0.4) is 0 Å². The van der Waals surface area contributed by atoms with E-state index in [0.717, 1.165) is 5.56 Å². The number of hydrogen-bond acceptors (Lipinski definition) is 6. The first-order valence-corrected chi connectivity index (χ1v) is 11.9. The molecule has 0 aromatic heterocycles. The number of hydrogen-bond donors (Lipinski definition) is 2. The van der Waals surface area contributed by atoms with Gasteiger partial charge in [-0.3, -0.25) is 14.4 Å². The number of benzene rings is 3. The van der Waals surface area contributed by atoms with Gasteiger partial charge < -0.3 is 25.8 Å². The lowest BCUT2D eigenvalue weighted by Gasteiger charge is -2.28. The maximum atomic E-state index is 14.1. The number of para-hydroxylation sites is 1. The molecule has 0 radical (unpaired) electrons. The summed E-state index contributed by atoms with van der Waals surface area (Å²) in [6, 6.07) is 20.8. The fourth-order valence-electron chi connectivity index (χ4n) is 5.00. The SMILES string of the molecule is NC(=O)c1ccc(Oc2ccccc2)cc1C(Cc1ccc(N)cc1)C(=O)N1CCC2OCC(=O)C21. The van der Waals surface area contributed by atoms with Gasteiger partial charge in [-0.25, -0.2) is 0 Å². The highest BCUT2D eigenvalue weighted by molar-refractivity contribution is 5.99. The molecule has 0 aliphatic carbocycles. The number of ketones is 1. The Morgan fingerprint density at radius 2 is 1.78 bits per heavy atom. The molecule has 184 valence electrons. The summed E-state index contributed by atoms with van der Waals surface area (Å²) in [4.78, 5) is 40.6. The molecule has 3 aromatic carbocycles. The Kier molecular flexibility index (Phi) is 6.43. The van der Waals surface area contributed by atoms with Crippen molar-refractivity contribution in [2.75, 3.05) is 18.9 Å². The molecule has 2 saturated heterocycles. The highest BCUT2D eigenvalue weighted by Crippen LogP contribution is 2.35. The number of Topliss-reactive ketones (excluding diaryl/α,β-unsaturated/α-hetero) is 1. The fourth-order valence-corrected chi connectivity index (χ4v) is 5.00. The lowest BCUT2D eigenvalue weighted by atomic mass is 9.86. The molecule has 0 saturated carbocycles. The fraction of sp³-hybridized carbons (Fsp3) is 0.250. The van der Waals surface area contributed by atoms with Gasteiger partial charge in [-0.2, -0.15) is 0 Å². The number of nitrogen functional groups attached to an aromatic ring is 1. The molecule has 2 aliphatic heterocycles. The summed E-state index contributed by atoms with van der Waals surface area (Å²) in [6.07, 6.45) is 0.593. The Hall–Kier alpha value is -4.17. The molecule has 8 heteroatoms. The molecule has 4 N–H and O–H groups in total. The van der Waals surface area contributed by atoms with Gasteiger partial charge in [-0.15, -0.1) is 0 Å². The monoisotopic (exact) mass is 485 g/mol. The quantitative estimate of drug-likeness (QED) is 0.496. The second-order valence-electron chi connectivity index (χ2n) is 9.11. The van der Waals surface area contributed by atoms with Gasteiger partial charge in [0.25, 0.3) is 0 Å². The highest BCUT2D eigenvalue weighted by atomic mass is 16.5. The van der Waals surface area contributed by atoms with Gasteiger partial charge in [0.2, 0.25) is 11.8 Å². The Morgan fingerprint density at radius 3 is 2.50 bits per heavy atom. The summed E-state index contributed by atoms with van der Waals surface area (Å²) in [5.74, 6) is -0.692. The zero-order valence-electron chi connectivity index (χ0n) is 19.6. The predicted octanol–water partition coefficient (Wildman–Crippen LogP) is 3.06. The van der Waals surface area contributed by atoms with Crippen LogP contribution < -0.4 is 16.2 Å². The zero-order chi connectivity index (χ0) is 25.2. The average molecular weight is 486 g/mol. The molecular formula is C28H27N3O5. The smallest absolute Gasteiger partial charge is 0.249 e. The van der Waals surface area contributed by atoms with Gasteiger partial charge in [0.15, 0.2) is 5.78 Å². The normalized spacial score (nSPS) is 19.7. The first-order valence-electron chi connectivity index (χ1n) is 11.9. The molecule has 0 spiro atoms. The minimum Gasteiger partial charge on any atom is -0.457 e. The summed E-state index contributed by atoms with van der Waals surface area (Å²) in [5, 5.41) is 0. The van der Waals surface area contributed by atoms with E-state index in [1.807, 2.05) is 42.5 Å². The van der Waals surface area contributed by atoms with Crippen molar-refractivity contribution in [3.63, 3.8) is 0 Å². The van der Waals surface area contributed by atoms with E-state index in [9.17, 15) is 14.4 Å². The number of nitrogens with two attached hydrogens (primary N) is 2. The van der Waals surface area contributed by atoms with E-state index in [2.05, 4.69) is 0 Å². The Morgan fingerprint density at radius 1 is 1.03 bits per heavy atom. The van der Waals surface area contributed by atoms with Crippen molar-refractivity contribution in [2.45, 2.75) is 30.9 Å². The van der Waals surface area contributed by atoms with Crippen molar-refractivity contribution >= 4 is 23.3 Å². The van der Waals surface area contributed by atoms with Crippen LogP contribution in [0.1, 0.15) is 33.8 Å². The molecule has 3 aromatic rings. The number of likely N-dealkylation sites (tertiary alicyclic amines) is 1. The van der Waals surface area contributed by atoms with Gasteiger partial charge in [0.1, 0.15) is 24.1 Å². The molecular weight excluding hydrogens is 458 g/mol. The number of carbonyl (C=O) groups excluding carboxylic acids is 3. The molecule has 8 nitrogen and oxygen atoms in total. The van der Waals surface area contributed by atoms with E-state index in [4.69, 9.17) is 20.9 Å².